The van der Waals surface area contributed by atoms with E-state index < -0.39 is 23.5 Å². The molecule has 0 aliphatic rings. The summed E-state index contributed by atoms with van der Waals surface area (Å²) in [6, 6.07) is 3.86. The number of alkyl halides is 6. The molecule has 0 amide bonds. The summed E-state index contributed by atoms with van der Waals surface area (Å²) in [5, 5.41) is 6.95. The van der Waals surface area contributed by atoms with Gasteiger partial charge in [0.25, 0.3) is 0 Å². The van der Waals surface area contributed by atoms with Gasteiger partial charge in [-0.25, -0.2) is 0 Å². The number of hydrogen-bond donors (Lipinski definition) is 2. The Morgan fingerprint density at radius 1 is 1.07 bits per heavy atom. The normalized spacial score (nSPS) is 12.6. The van der Waals surface area contributed by atoms with Gasteiger partial charge in [0.2, 0.25) is 0 Å². The first-order valence-electron chi connectivity index (χ1n) is 8.47. The number of rotatable bonds is 6. The molecule has 5 nitrogen and oxygen atoms in total. The quantitative estimate of drug-likeness (QED) is 0.296. The minimum Gasteiger partial charge on any atom is -0.455 e. The predicted octanol–water partition coefficient (Wildman–Crippen LogP) is 4.34. The molecule has 2 rings (SSSR count). The zero-order valence-electron chi connectivity index (χ0n) is 15.9. The highest BCUT2D eigenvalue weighted by molar-refractivity contribution is 7.80. The number of nitrogens with zero attached hydrogens (tertiary/aromatic N) is 2. The fraction of sp³-hybridized carbons (Fsp3) is 0.333. The van der Waals surface area contributed by atoms with Gasteiger partial charge in [0.1, 0.15) is 11.5 Å². The number of nitrogens with one attached hydrogen (secondary N) is 2. The number of likely N-dealkylation sites (N-methyl/N-ethyl adjacent to an activating group) is 1. The highest BCUT2D eigenvalue weighted by Gasteiger charge is 2.37. The van der Waals surface area contributed by atoms with Gasteiger partial charge in [0.15, 0.2) is 5.11 Å². The van der Waals surface area contributed by atoms with E-state index in [4.69, 9.17) is 16.6 Å². The Kier molecular flexibility index (Phi) is 7.48. The Hall–Kier alpha value is -2.60. The summed E-state index contributed by atoms with van der Waals surface area (Å²) in [5.74, 6) is -0.0562. The van der Waals surface area contributed by atoms with E-state index in [1.54, 1.807) is 0 Å². The van der Waals surface area contributed by atoms with Gasteiger partial charge in [-0.2, -0.15) is 31.4 Å². The maximum Gasteiger partial charge on any atom is 0.416 e. The fourth-order valence-corrected chi connectivity index (χ4v) is 2.42. The van der Waals surface area contributed by atoms with Crippen LogP contribution >= 0.6 is 12.2 Å². The molecule has 0 unspecified atom stereocenters. The first kappa shape index (κ1) is 23.7. The SMILES string of the molecule is CN(C)CCNC(=S)NN=Cc1ccc(-c2cc(C(F)(F)F)cc(C(F)(F)F)c2)o1. The smallest absolute Gasteiger partial charge is 0.416 e. The van der Waals surface area contributed by atoms with Crippen molar-refractivity contribution in [3.8, 4) is 11.3 Å². The summed E-state index contributed by atoms with van der Waals surface area (Å²) in [5.41, 5.74) is -0.673. The Morgan fingerprint density at radius 3 is 2.20 bits per heavy atom. The lowest BCUT2D eigenvalue weighted by molar-refractivity contribution is -0.143. The van der Waals surface area contributed by atoms with Crippen molar-refractivity contribution in [3.05, 3.63) is 47.2 Å². The highest BCUT2D eigenvalue weighted by Crippen LogP contribution is 2.38. The summed E-state index contributed by atoms with van der Waals surface area (Å²) in [6.45, 7) is 1.32. The summed E-state index contributed by atoms with van der Waals surface area (Å²) >= 11 is 5.00. The summed E-state index contributed by atoms with van der Waals surface area (Å²) < 4.78 is 83.2. The van der Waals surface area contributed by atoms with Gasteiger partial charge in [-0.05, 0) is 56.6 Å². The second kappa shape index (κ2) is 9.47. The van der Waals surface area contributed by atoms with E-state index in [0.717, 1.165) is 6.54 Å². The molecule has 0 atom stereocenters. The van der Waals surface area contributed by atoms with Gasteiger partial charge >= 0.3 is 12.4 Å². The van der Waals surface area contributed by atoms with Gasteiger partial charge in [-0.1, -0.05) is 0 Å². The first-order chi connectivity index (χ1) is 13.9. The molecule has 164 valence electrons. The van der Waals surface area contributed by atoms with E-state index >= 15 is 0 Å². The Labute approximate surface area is 173 Å². The standard InChI is InChI=1S/C18H18F6N4OS/c1-28(2)6-5-25-16(30)27-26-10-14-3-4-15(29-14)11-7-12(17(19,20)21)9-13(8-11)18(22,23)24/h3-4,7-10H,5-6H2,1-2H3,(H2,25,27,30). The van der Waals surface area contributed by atoms with Crippen LogP contribution in [0.1, 0.15) is 16.9 Å². The highest BCUT2D eigenvalue weighted by atomic mass is 32.1. The Bertz CT molecular complexity index is 873. The molecule has 1 aromatic heterocycles. The minimum absolute atomic E-state index is 0.0585. The molecule has 0 saturated heterocycles. The van der Waals surface area contributed by atoms with Crippen molar-refractivity contribution >= 4 is 23.5 Å². The van der Waals surface area contributed by atoms with Gasteiger partial charge in [-0.15, -0.1) is 0 Å². The second-order valence-corrected chi connectivity index (χ2v) is 6.83. The molecule has 0 fully saturated rings. The first-order valence-corrected chi connectivity index (χ1v) is 8.88. The van der Waals surface area contributed by atoms with Crippen molar-refractivity contribution in [3.63, 3.8) is 0 Å². The molecule has 30 heavy (non-hydrogen) atoms. The van der Waals surface area contributed by atoms with Crippen LogP contribution < -0.4 is 10.7 Å². The zero-order valence-corrected chi connectivity index (χ0v) is 16.7. The molecule has 1 aromatic carbocycles. The number of thiocarbonyl (C=S) groups is 1. The maximum atomic E-state index is 13.0. The molecular weight excluding hydrogens is 434 g/mol. The van der Waals surface area contributed by atoms with Crippen LogP contribution in [0.5, 0.6) is 0 Å². The lowest BCUT2D eigenvalue weighted by Crippen LogP contribution is -2.36. The summed E-state index contributed by atoms with van der Waals surface area (Å²) in [6.07, 6.45) is -8.68. The van der Waals surface area contributed by atoms with Crippen molar-refractivity contribution in [1.82, 2.24) is 15.6 Å². The minimum atomic E-state index is -4.94. The number of halogens is 6. The molecule has 2 aromatic rings. The molecular formula is C18H18F6N4OS. The largest absolute Gasteiger partial charge is 0.455 e. The third-order valence-corrected chi connectivity index (χ3v) is 3.94. The van der Waals surface area contributed by atoms with E-state index in [9.17, 15) is 26.3 Å². The summed E-state index contributed by atoms with van der Waals surface area (Å²) in [4.78, 5) is 1.95. The van der Waals surface area contributed by atoms with Crippen LogP contribution in [0.2, 0.25) is 0 Å². The van der Waals surface area contributed by atoms with Crippen LogP contribution in [0, 0.1) is 0 Å². The molecule has 1 heterocycles. The van der Waals surface area contributed by atoms with Crippen molar-refractivity contribution in [2.75, 3.05) is 27.2 Å². The molecule has 0 radical (unpaired) electrons. The van der Waals surface area contributed by atoms with Crippen molar-refractivity contribution in [2.24, 2.45) is 5.10 Å². The molecule has 0 bridgehead atoms. The fourth-order valence-electron chi connectivity index (χ4n) is 2.26. The lowest BCUT2D eigenvalue weighted by Gasteiger charge is -2.13. The second-order valence-electron chi connectivity index (χ2n) is 6.43. The van der Waals surface area contributed by atoms with E-state index in [1.807, 2.05) is 19.0 Å². The number of benzene rings is 1. The maximum absolute atomic E-state index is 13.0. The average molecular weight is 452 g/mol. The van der Waals surface area contributed by atoms with Crippen molar-refractivity contribution in [1.29, 1.82) is 0 Å². The number of hydrazone groups is 1. The van der Waals surface area contributed by atoms with Gasteiger partial charge < -0.3 is 14.6 Å². The van der Waals surface area contributed by atoms with Crippen LogP contribution in [0.3, 0.4) is 0 Å². The van der Waals surface area contributed by atoms with E-state index in [2.05, 4.69) is 15.8 Å². The molecule has 0 spiro atoms. The van der Waals surface area contributed by atoms with Gasteiger partial charge in [0.05, 0.1) is 17.3 Å². The monoisotopic (exact) mass is 452 g/mol. The lowest BCUT2D eigenvalue weighted by atomic mass is 10.0. The topological polar surface area (TPSA) is 52.8 Å². The molecule has 12 heteroatoms. The van der Waals surface area contributed by atoms with Gasteiger partial charge in [-0.3, -0.25) is 5.43 Å². The van der Waals surface area contributed by atoms with Crippen molar-refractivity contribution in [2.45, 2.75) is 12.4 Å². The number of furan rings is 1. The van der Waals surface area contributed by atoms with Gasteiger partial charge in [0, 0.05) is 18.7 Å². The third-order valence-electron chi connectivity index (χ3n) is 3.70. The molecule has 0 saturated carbocycles. The van der Waals surface area contributed by atoms with E-state index in [-0.39, 0.29) is 28.3 Å². The van der Waals surface area contributed by atoms with Crippen LogP contribution in [-0.2, 0) is 12.4 Å². The van der Waals surface area contributed by atoms with Crippen LogP contribution in [-0.4, -0.2) is 43.4 Å². The Balaban J connectivity index is 2.14. The third kappa shape index (κ3) is 7.02. The zero-order chi connectivity index (χ0) is 22.5. The van der Waals surface area contributed by atoms with Crippen LogP contribution in [0.15, 0.2) is 39.9 Å². The van der Waals surface area contributed by atoms with Crippen molar-refractivity contribution < 1.29 is 30.8 Å². The van der Waals surface area contributed by atoms with Crippen LogP contribution in [0.4, 0.5) is 26.3 Å². The molecule has 2 N–H and O–H groups in total. The van der Waals surface area contributed by atoms with E-state index in [0.29, 0.717) is 18.7 Å². The predicted molar refractivity (Wildman–Crippen MR) is 104 cm³/mol. The average Bonchev–Trinajstić information content (AvgIpc) is 3.08. The Morgan fingerprint density at radius 2 is 1.67 bits per heavy atom. The van der Waals surface area contributed by atoms with E-state index in [1.165, 1.54) is 18.3 Å². The number of hydrogen-bond acceptors (Lipinski definition) is 4. The molecule has 0 aliphatic heterocycles. The van der Waals surface area contributed by atoms with Crippen LogP contribution in [0.25, 0.3) is 11.3 Å². The molecule has 0 aliphatic carbocycles. The summed E-state index contributed by atoms with van der Waals surface area (Å²) in [7, 11) is 3.79.